The van der Waals surface area contributed by atoms with Crippen LogP contribution in [0.15, 0.2) is 17.5 Å². The maximum Gasteiger partial charge on any atom is 0.306 e. The number of Topliss-reactive ketones (excluding diaryl/α,β-unsaturated/α-hetero) is 1. The van der Waals surface area contributed by atoms with Crippen LogP contribution in [0.3, 0.4) is 0 Å². The summed E-state index contributed by atoms with van der Waals surface area (Å²) >= 11 is 1.49. The highest BCUT2D eigenvalue weighted by Gasteiger charge is 2.33. The molecule has 1 aromatic rings. The minimum absolute atomic E-state index is 0.00296. The van der Waals surface area contributed by atoms with E-state index in [2.05, 4.69) is 0 Å². The van der Waals surface area contributed by atoms with Crippen LogP contribution < -0.4 is 0 Å². The van der Waals surface area contributed by atoms with E-state index in [0.29, 0.717) is 13.0 Å². The number of hydrogen-bond donors (Lipinski definition) is 0. The molecule has 0 N–H and O–H groups in total. The first-order valence-electron chi connectivity index (χ1n) is 6.95. The number of esters is 1. The number of rotatable bonds is 5. The minimum atomic E-state index is -0.168. The van der Waals surface area contributed by atoms with Crippen LogP contribution in [-0.2, 0) is 9.53 Å². The standard InChI is InChI=1S/C15H20O3S/c1-2-18-14(16)10-11-6-3-4-7-12(11)15(17)13-8-5-9-19-13/h5,8-9,11-12H,2-4,6-7,10H2,1H3/t11-,12+/m0/s1. The van der Waals surface area contributed by atoms with Crippen molar-refractivity contribution in [3.8, 4) is 0 Å². The zero-order chi connectivity index (χ0) is 13.7. The molecular weight excluding hydrogens is 260 g/mol. The molecule has 2 rings (SSSR count). The van der Waals surface area contributed by atoms with Crippen LogP contribution in [0.4, 0.5) is 0 Å². The summed E-state index contributed by atoms with van der Waals surface area (Å²) < 4.78 is 5.02. The van der Waals surface area contributed by atoms with Crippen molar-refractivity contribution < 1.29 is 14.3 Å². The van der Waals surface area contributed by atoms with Crippen molar-refractivity contribution in [2.75, 3.05) is 6.61 Å². The van der Waals surface area contributed by atoms with Gasteiger partial charge >= 0.3 is 5.97 Å². The molecule has 104 valence electrons. The van der Waals surface area contributed by atoms with Gasteiger partial charge in [0.05, 0.1) is 11.5 Å². The smallest absolute Gasteiger partial charge is 0.306 e. The molecule has 0 spiro atoms. The molecule has 0 unspecified atom stereocenters. The van der Waals surface area contributed by atoms with Crippen LogP contribution in [0, 0.1) is 11.8 Å². The van der Waals surface area contributed by atoms with Crippen molar-refractivity contribution in [1.82, 2.24) is 0 Å². The summed E-state index contributed by atoms with van der Waals surface area (Å²) in [4.78, 5) is 24.9. The van der Waals surface area contributed by atoms with Crippen LogP contribution in [-0.4, -0.2) is 18.4 Å². The quantitative estimate of drug-likeness (QED) is 0.610. The molecule has 2 atom stereocenters. The Kier molecular flexibility index (Phi) is 5.14. The summed E-state index contributed by atoms with van der Waals surface area (Å²) in [5.74, 6) is 0.196. The molecule has 1 aromatic heterocycles. The third-order valence-electron chi connectivity index (χ3n) is 3.74. The second-order valence-corrected chi connectivity index (χ2v) is 5.95. The van der Waals surface area contributed by atoms with E-state index >= 15 is 0 Å². The van der Waals surface area contributed by atoms with Gasteiger partial charge in [0.2, 0.25) is 0 Å². The van der Waals surface area contributed by atoms with Crippen molar-refractivity contribution in [3.05, 3.63) is 22.4 Å². The number of ketones is 1. The van der Waals surface area contributed by atoms with Gasteiger partial charge in [0, 0.05) is 12.3 Å². The predicted octanol–water partition coefficient (Wildman–Crippen LogP) is 3.69. The van der Waals surface area contributed by atoms with Crippen LogP contribution in [0.1, 0.15) is 48.7 Å². The van der Waals surface area contributed by atoms with Crippen LogP contribution in [0.5, 0.6) is 0 Å². The van der Waals surface area contributed by atoms with Gasteiger partial charge in [-0.25, -0.2) is 0 Å². The predicted molar refractivity (Wildman–Crippen MR) is 75.3 cm³/mol. The third kappa shape index (κ3) is 3.66. The monoisotopic (exact) mass is 280 g/mol. The van der Waals surface area contributed by atoms with Crippen LogP contribution in [0.2, 0.25) is 0 Å². The molecular formula is C15H20O3S. The fourth-order valence-electron chi connectivity index (χ4n) is 2.83. The Morgan fingerprint density at radius 1 is 1.37 bits per heavy atom. The highest BCUT2D eigenvalue weighted by Crippen LogP contribution is 2.35. The van der Waals surface area contributed by atoms with E-state index in [0.717, 1.165) is 30.6 Å². The second kappa shape index (κ2) is 6.85. The van der Waals surface area contributed by atoms with E-state index in [1.807, 2.05) is 24.4 Å². The average molecular weight is 280 g/mol. The molecule has 1 fully saturated rings. The number of carbonyl (C=O) groups is 2. The zero-order valence-electron chi connectivity index (χ0n) is 11.3. The fourth-order valence-corrected chi connectivity index (χ4v) is 3.56. The van der Waals surface area contributed by atoms with Gasteiger partial charge in [-0.2, -0.15) is 0 Å². The van der Waals surface area contributed by atoms with E-state index in [1.54, 1.807) is 0 Å². The van der Waals surface area contributed by atoms with Gasteiger partial charge in [0.15, 0.2) is 5.78 Å². The van der Waals surface area contributed by atoms with E-state index in [-0.39, 0.29) is 23.6 Å². The average Bonchev–Trinajstić information content (AvgIpc) is 2.93. The Bertz CT molecular complexity index is 425. The lowest BCUT2D eigenvalue weighted by atomic mass is 9.75. The van der Waals surface area contributed by atoms with Gasteiger partial charge in [-0.05, 0) is 37.1 Å². The summed E-state index contributed by atoms with van der Waals surface area (Å²) in [6.07, 6.45) is 4.44. The Morgan fingerprint density at radius 2 is 2.16 bits per heavy atom. The Labute approximate surface area is 118 Å². The highest BCUT2D eigenvalue weighted by molar-refractivity contribution is 7.12. The molecule has 1 saturated carbocycles. The molecule has 3 nitrogen and oxygen atoms in total. The Morgan fingerprint density at radius 3 is 2.84 bits per heavy atom. The molecule has 1 aliphatic rings. The minimum Gasteiger partial charge on any atom is -0.466 e. The first-order valence-corrected chi connectivity index (χ1v) is 7.83. The molecule has 0 radical (unpaired) electrons. The topological polar surface area (TPSA) is 43.4 Å². The Hall–Kier alpha value is -1.16. The van der Waals surface area contributed by atoms with Gasteiger partial charge < -0.3 is 4.74 Å². The molecule has 0 bridgehead atoms. The normalized spacial score (nSPS) is 23.0. The summed E-state index contributed by atoms with van der Waals surface area (Å²) in [5.41, 5.74) is 0. The third-order valence-corrected chi connectivity index (χ3v) is 4.63. The molecule has 0 aromatic carbocycles. The first kappa shape index (κ1) is 14.3. The summed E-state index contributed by atoms with van der Waals surface area (Å²) in [6, 6.07) is 3.78. The van der Waals surface area contributed by atoms with Crippen molar-refractivity contribution in [1.29, 1.82) is 0 Å². The molecule has 1 heterocycles. The zero-order valence-corrected chi connectivity index (χ0v) is 12.1. The summed E-state index contributed by atoms with van der Waals surface area (Å²) in [6.45, 7) is 2.22. The number of carbonyl (C=O) groups excluding carboxylic acids is 2. The van der Waals surface area contributed by atoms with Crippen LogP contribution >= 0.6 is 11.3 Å². The van der Waals surface area contributed by atoms with Crippen LogP contribution in [0.25, 0.3) is 0 Å². The maximum atomic E-state index is 12.5. The fraction of sp³-hybridized carbons (Fsp3) is 0.600. The maximum absolute atomic E-state index is 12.5. The SMILES string of the molecule is CCOC(=O)C[C@@H]1CCCC[C@H]1C(=O)c1cccs1. The van der Waals surface area contributed by atoms with Crippen molar-refractivity contribution in [3.63, 3.8) is 0 Å². The van der Waals surface area contributed by atoms with E-state index in [9.17, 15) is 9.59 Å². The van der Waals surface area contributed by atoms with Gasteiger partial charge in [-0.1, -0.05) is 18.9 Å². The largest absolute Gasteiger partial charge is 0.466 e. The summed E-state index contributed by atoms with van der Waals surface area (Å²) in [7, 11) is 0. The summed E-state index contributed by atoms with van der Waals surface area (Å²) in [5, 5.41) is 1.93. The van der Waals surface area contributed by atoms with E-state index < -0.39 is 0 Å². The lowest BCUT2D eigenvalue weighted by Gasteiger charge is -2.29. The van der Waals surface area contributed by atoms with E-state index in [4.69, 9.17) is 4.74 Å². The molecule has 4 heteroatoms. The highest BCUT2D eigenvalue weighted by atomic mass is 32.1. The molecule has 19 heavy (non-hydrogen) atoms. The number of ether oxygens (including phenoxy) is 1. The molecule has 1 aliphatic carbocycles. The van der Waals surface area contributed by atoms with Crippen molar-refractivity contribution in [2.24, 2.45) is 11.8 Å². The molecule has 0 amide bonds. The first-order chi connectivity index (χ1) is 9.22. The van der Waals surface area contributed by atoms with Crippen molar-refractivity contribution >= 4 is 23.1 Å². The number of hydrogen-bond acceptors (Lipinski definition) is 4. The molecule has 0 saturated heterocycles. The second-order valence-electron chi connectivity index (χ2n) is 5.00. The van der Waals surface area contributed by atoms with Gasteiger partial charge in [-0.15, -0.1) is 11.3 Å². The lowest BCUT2D eigenvalue weighted by Crippen LogP contribution is -2.29. The van der Waals surface area contributed by atoms with Gasteiger partial charge in [-0.3, -0.25) is 9.59 Å². The number of thiophene rings is 1. The van der Waals surface area contributed by atoms with Crippen molar-refractivity contribution in [2.45, 2.75) is 39.0 Å². The molecule has 0 aliphatic heterocycles. The van der Waals surface area contributed by atoms with Gasteiger partial charge in [0.1, 0.15) is 0 Å². The Balaban J connectivity index is 2.03. The van der Waals surface area contributed by atoms with E-state index in [1.165, 1.54) is 11.3 Å². The van der Waals surface area contributed by atoms with Gasteiger partial charge in [0.25, 0.3) is 0 Å². The lowest BCUT2D eigenvalue weighted by molar-refractivity contribution is -0.144.